The number of thioether (sulfide) groups is 1. The molecule has 1 saturated heterocycles. The van der Waals surface area contributed by atoms with Crippen molar-refractivity contribution < 1.29 is 19.1 Å². The normalized spacial score (nSPS) is 21.0. The maximum absolute atomic E-state index is 12.8. The van der Waals surface area contributed by atoms with Gasteiger partial charge >= 0.3 is 5.97 Å². The van der Waals surface area contributed by atoms with E-state index in [2.05, 4.69) is 10.6 Å². The van der Waals surface area contributed by atoms with Crippen molar-refractivity contribution in [1.82, 2.24) is 10.2 Å². The number of rotatable bonds is 9. The Morgan fingerprint density at radius 2 is 2.23 bits per heavy atom. The fourth-order valence-corrected chi connectivity index (χ4v) is 5.37. The van der Waals surface area contributed by atoms with Gasteiger partial charge in [0, 0.05) is 42.9 Å². The maximum Gasteiger partial charge on any atom is 0.323 e. The molecule has 1 aromatic carbocycles. The van der Waals surface area contributed by atoms with E-state index in [1.165, 1.54) is 11.8 Å². The Morgan fingerprint density at radius 1 is 1.43 bits per heavy atom. The van der Waals surface area contributed by atoms with Crippen molar-refractivity contribution in [2.24, 2.45) is 5.92 Å². The highest BCUT2D eigenvalue weighted by molar-refractivity contribution is 8.01. The molecule has 3 unspecified atom stereocenters. The van der Waals surface area contributed by atoms with Gasteiger partial charge in [-0.15, -0.1) is 11.8 Å². The molecule has 0 radical (unpaired) electrons. The van der Waals surface area contributed by atoms with Crippen LogP contribution in [0.2, 0.25) is 0 Å². The van der Waals surface area contributed by atoms with Crippen LogP contribution < -0.4 is 10.6 Å². The first-order valence-corrected chi connectivity index (χ1v) is 11.1. The van der Waals surface area contributed by atoms with Crippen LogP contribution in [0.4, 0.5) is 5.69 Å². The predicted octanol–water partition coefficient (Wildman–Crippen LogP) is 2.11. The quantitative estimate of drug-likeness (QED) is 0.577. The SMILES string of the molecule is CCOC(=O)C(C#N)CC1SC(CCNc2cccc3c2CNC3=O)C(=O)N1CC. The first kappa shape index (κ1) is 22.0. The number of nitrogens with one attached hydrogen (secondary N) is 2. The molecule has 2 aliphatic rings. The molecule has 8 nitrogen and oxygen atoms in total. The van der Waals surface area contributed by atoms with Gasteiger partial charge in [-0.2, -0.15) is 5.26 Å². The van der Waals surface area contributed by atoms with Crippen molar-refractivity contribution in [3.05, 3.63) is 29.3 Å². The van der Waals surface area contributed by atoms with Crippen LogP contribution in [0, 0.1) is 17.2 Å². The van der Waals surface area contributed by atoms with Gasteiger partial charge in [0.2, 0.25) is 5.91 Å². The first-order valence-electron chi connectivity index (χ1n) is 10.2. The summed E-state index contributed by atoms with van der Waals surface area (Å²) in [5.74, 6) is -1.44. The van der Waals surface area contributed by atoms with E-state index in [-0.39, 0.29) is 35.5 Å². The van der Waals surface area contributed by atoms with Gasteiger partial charge < -0.3 is 20.3 Å². The number of nitrogens with zero attached hydrogens (tertiary/aromatic N) is 2. The smallest absolute Gasteiger partial charge is 0.323 e. The summed E-state index contributed by atoms with van der Waals surface area (Å²) in [4.78, 5) is 38.3. The van der Waals surface area contributed by atoms with Crippen LogP contribution in [0.5, 0.6) is 0 Å². The van der Waals surface area contributed by atoms with Gasteiger partial charge in [-0.3, -0.25) is 14.4 Å². The van der Waals surface area contributed by atoms with Gasteiger partial charge in [0.15, 0.2) is 0 Å². The molecule has 0 aromatic heterocycles. The summed E-state index contributed by atoms with van der Waals surface area (Å²) < 4.78 is 4.97. The average Bonchev–Trinajstić information content (AvgIpc) is 3.26. The Bertz CT molecular complexity index is 869. The Labute approximate surface area is 180 Å². The van der Waals surface area contributed by atoms with Crippen molar-refractivity contribution in [3.63, 3.8) is 0 Å². The highest BCUT2D eigenvalue weighted by Gasteiger charge is 2.41. The minimum Gasteiger partial charge on any atom is -0.465 e. The van der Waals surface area contributed by atoms with E-state index in [1.54, 1.807) is 17.9 Å². The number of benzene rings is 1. The number of esters is 1. The molecule has 0 spiro atoms. The monoisotopic (exact) mass is 430 g/mol. The van der Waals surface area contributed by atoms with E-state index in [9.17, 15) is 19.6 Å². The third-order valence-corrected chi connectivity index (χ3v) is 6.83. The molecule has 2 N–H and O–H groups in total. The van der Waals surface area contributed by atoms with Gasteiger partial charge in [-0.1, -0.05) is 6.07 Å². The second kappa shape index (κ2) is 9.85. The Kier molecular flexibility index (Phi) is 7.21. The zero-order valence-corrected chi connectivity index (χ0v) is 18.0. The van der Waals surface area contributed by atoms with Gasteiger partial charge in [0.25, 0.3) is 5.91 Å². The first-order chi connectivity index (χ1) is 14.5. The van der Waals surface area contributed by atoms with E-state index in [1.807, 2.05) is 25.1 Å². The topological polar surface area (TPSA) is 112 Å². The Balaban J connectivity index is 1.58. The highest BCUT2D eigenvalue weighted by Crippen LogP contribution is 2.37. The zero-order chi connectivity index (χ0) is 21.7. The lowest BCUT2D eigenvalue weighted by molar-refractivity contribution is -0.146. The second-order valence-corrected chi connectivity index (χ2v) is 8.49. The lowest BCUT2D eigenvalue weighted by Crippen LogP contribution is -2.36. The van der Waals surface area contributed by atoms with Crippen molar-refractivity contribution >= 4 is 35.2 Å². The van der Waals surface area contributed by atoms with E-state index >= 15 is 0 Å². The van der Waals surface area contributed by atoms with Gasteiger partial charge in [-0.25, -0.2) is 0 Å². The number of hydrogen-bond donors (Lipinski definition) is 2. The van der Waals surface area contributed by atoms with E-state index in [0.717, 1.165) is 11.3 Å². The van der Waals surface area contributed by atoms with E-state index in [0.29, 0.717) is 31.6 Å². The number of anilines is 1. The summed E-state index contributed by atoms with van der Waals surface area (Å²) in [6, 6.07) is 7.58. The molecule has 3 rings (SSSR count). The molecule has 3 atom stereocenters. The van der Waals surface area contributed by atoms with Crippen molar-refractivity contribution in [2.45, 2.75) is 43.9 Å². The third-order valence-electron chi connectivity index (χ3n) is 5.30. The maximum atomic E-state index is 12.8. The summed E-state index contributed by atoms with van der Waals surface area (Å²) >= 11 is 1.50. The number of carbonyl (C=O) groups is 3. The molecule has 160 valence electrons. The van der Waals surface area contributed by atoms with Crippen LogP contribution >= 0.6 is 11.8 Å². The third kappa shape index (κ3) is 4.54. The van der Waals surface area contributed by atoms with Crippen LogP contribution in [-0.4, -0.2) is 53.0 Å². The van der Waals surface area contributed by atoms with Crippen LogP contribution in [-0.2, 0) is 20.9 Å². The lowest BCUT2D eigenvalue weighted by atomic mass is 10.1. The number of fused-ring (bicyclic) bond motifs is 1. The number of hydrogen-bond acceptors (Lipinski definition) is 7. The Morgan fingerprint density at radius 3 is 2.93 bits per heavy atom. The molecular weight excluding hydrogens is 404 g/mol. The van der Waals surface area contributed by atoms with Gasteiger partial charge in [0.05, 0.1) is 23.3 Å². The van der Waals surface area contributed by atoms with Gasteiger partial charge in [-0.05, 0) is 32.4 Å². The summed E-state index contributed by atoms with van der Waals surface area (Å²) in [6.07, 6.45) is 0.877. The summed E-state index contributed by atoms with van der Waals surface area (Å²) in [7, 11) is 0. The molecule has 1 fully saturated rings. The van der Waals surface area contributed by atoms with Gasteiger partial charge in [0.1, 0.15) is 5.92 Å². The van der Waals surface area contributed by atoms with Crippen molar-refractivity contribution in [3.8, 4) is 6.07 Å². The summed E-state index contributed by atoms with van der Waals surface area (Å²) in [5, 5.41) is 15.0. The van der Waals surface area contributed by atoms with Crippen LogP contribution in [0.3, 0.4) is 0 Å². The molecule has 9 heteroatoms. The van der Waals surface area contributed by atoms with Crippen LogP contribution in [0.25, 0.3) is 0 Å². The molecule has 1 aromatic rings. The molecule has 30 heavy (non-hydrogen) atoms. The number of ether oxygens (including phenoxy) is 1. The number of carbonyl (C=O) groups excluding carboxylic acids is 3. The lowest BCUT2D eigenvalue weighted by Gasteiger charge is -2.23. The average molecular weight is 431 g/mol. The second-order valence-electron chi connectivity index (χ2n) is 7.10. The number of amides is 2. The largest absolute Gasteiger partial charge is 0.465 e. The molecule has 0 bridgehead atoms. The highest BCUT2D eigenvalue weighted by atomic mass is 32.2. The molecule has 2 amide bonds. The van der Waals surface area contributed by atoms with Crippen molar-refractivity contribution in [2.75, 3.05) is 25.0 Å². The zero-order valence-electron chi connectivity index (χ0n) is 17.1. The van der Waals surface area contributed by atoms with Crippen LogP contribution in [0.1, 0.15) is 42.6 Å². The van der Waals surface area contributed by atoms with E-state index < -0.39 is 11.9 Å². The Hall–Kier alpha value is -2.73. The molecule has 0 saturated carbocycles. The summed E-state index contributed by atoms with van der Waals surface area (Å²) in [6.45, 7) is 5.44. The molecule has 0 aliphatic carbocycles. The van der Waals surface area contributed by atoms with Crippen LogP contribution in [0.15, 0.2) is 18.2 Å². The molecular formula is C21H26N4O4S. The predicted molar refractivity (Wildman–Crippen MR) is 114 cm³/mol. The summed E-state index contributed by atoms with van der Waals surface area (Å²) in [5.41, 5.74) is 2.54. The molecule has 2 aliphatic heterocycles. The van der Waals surface area contributed by atoms with E-state index in [4.69, 9.17) is 4.74 Å². The fraction of sp³-hybridized carbons (Fsp3) is 0.524. The standard InChI is InChI=1S/C21H26N4O4S/c1-3-25-18(10-13(11-22)21(28)29-4-2)30-17(20(25)27)8-9-23-16-7-5-6-14-15(16)12-24-19(14)26/h5-7,13,17-18,23H,3-4,8-10,12H2,1-2H3,(H,24,26). The fourth-order valence-electron chi connectivity index (χ4n) is 3.79. The molecule has 2 heterocycles. The minimum absolute atomic E-state index is 0.0324. The van der Waals surface area contributed by atoms with Crippen molar-refractivity contribution in [1.29, 1.82) is 5.26 Å². The number of nitriles is 1. The minimum atomic E-state index is -0.877.